The van der Waals surface area contributed by atoms with Crippen LogP contribution in [0.3, 0.4) is 0 Å². The molecule has 0 aromatic rings. The molecule has 0 bridgehead atoms. The smallest absolute Gasteiger partial charge is 0.303 e. The number of nitrogens with zero attached hydrogens (tertiary/aromatic N) is 1. The van der Waals surface area contributed by atoms with Crippen molar-refractivity contribution in [3.8, 4) is 0 Å². The largest absolute Gasteiger partial charge is 0.481 e. The van der Waals surface area contributed by atoms with Crippen LogP contribution in [0.25, 0.3) is 0 Å². The number of aliphatic carboxylic acids is 1. The average Bonchev–Trinajstić information content (AvgIpc) is 2.34. The number of carboxylic acid groups (broad SMARTS) is 1. The molecule has 1 aliphatic heterocycles. The Morgan fingerprint density at radius 3 is 2.71 bits per heavy atom. The van der Waals surface area contributed by atoms with Crippen molar-refractivity contribution in [2.45, 2.75) is 45.1 Å². The number of nitrogens with one attached hydrogen (secondary N) is 1. The van der Waals surface area contributed by atoms with E-state index >= 15 is 0 Å². The van der Waals surface area contributed by atoms with Crippen LogP contribution in [0.1, 0.15) is 39.0 Å². The van der Waals surface area contributed by atoms with Gasteiger partial charge in [0.25, 0.3) is 0 Å². The molecule has 17 heavy (non-hydrogen) atoms. The summed E-state index contributed by atoms with van der Waals surface area (Å²) in [7, 11) is 0. The van der Waals surface area contributed by atoms with Crippen molar-refractivity contribution in [1.29, 1.82) is 0 Å². The van der Waals surface area contributed by atoms with Crippen molar-refractivity contribution in [3.63, 3.8) is 0 Å². The predicted molar refractivity (Wildman–Crippen MR) is 64.8 cm³/mol. The van der Waals surface area contributed by atoms with Crippen LogP contribution >= 0.6 is 0 Å². The number of rotatable bonds is 6. The fraction of sp³-hybridized carbons (Fsp3) is 0.833. The summed E-state index contributed by atoms with van der Waals surface area (Å²) >= 11 is 0. The van der Waals surface area contributed by atoms with Crippen molar-refractivity contribution in [2.24, 2.45) is 0 Å². The Labute approximate surface area is 102 Å². The minimum absolute atomic E-state index is 0.159. The Hall–Kier alpha value is -1.10. The molecule has 1 rings (SSSR count). The number of hydrogen-bond acceptors (Lipinski definition) is 3. The van der Waals surface area contributed by atoms with Crippen molar-refractivity contribution < 1.29 is 14.7 Å². The zero-order chi connectivity index (χ0) is 12.7. The quantitative estimate of drug-likeness (QED) is 0.677. The van der Waals surface area contributed by atoms with Gasteiger partial charge in [0.2, 0.25) is 5.91 Å². The molecule has 0 aromatic heterocycles. The van der Waals surface area contributed by atoms with Crippen molar-refractivity contribution in [3.05, 3.63) is 0 Å². The second-order valence-corrected chi connectivity index (χ2v) is 4.45. The van der Waals surface area contributed by atoms with Gasteiger partial charge in [-0.15, -0.1) is 0 Å². The molecule has 5 heteroatoms. The topological polar surface area (TPSA) is 69.6 Å². The molecule has 1 saturated heterocycles. The minimum Gasteiger partial charge on any atom is -0.481 e. The highest BCUT2D eigenvalue weighted by Crippen LogP contribution is 2.11. The molecule has 1 heterocycles. The number of carbonyl (C=O) groups excluding carboxylic acids is 1. The molecule has 0 spiro atoms. The molecular formula is C12H22N2O3. The van der Waals surface area contributed by atoms with Gasteiger partial charge in [-0.3, -0.25) is 9.59 Å². The number of carbonyl (C=O) groups is 2. The summed E-state index contributed by atoms with van der Waals surface area (Å²) in [5.74, 6) is -0.616. The van der Waals surface area contributed by atoms with Gasteiger partial charge >= 0.3 is 5.97 Å². The van der Waals surface area contributed by atoms with E-state index in [-0.39, 0.29) is 12.3 Å². The van der Waals surface area contributed by atoms with Crippen molar-refractivity contribution >= 4 is 11.9 Å². The van der Waals surface area contributed by atoms with Gasteiger partial charge in [-0.25, -0.2) is 0 Å². The maximum Gasteiger partial charge on any atom is 0.303 e. The molecule has 1 atom stereocenters. The lowest BCUT2D eigenvalue weighted by atomic mass is 10.1. The third kappa shape index (κ3) is 4.73. The summed E-state index contributed by atoms with van der Waals surface area (Å²) in [6, 6.07) is 0.302. The highest BCUT2D eigenvalue weighted by Gasteiger charge is 2.24. The Kier molecular flexibility index (Phi) is 5.97. The summed E-state index contributed by atoms with van der Waals surface area (Å²) in [5, 5.41) is 11.8. The summed E-state index contributed by atoms with van der Waals surface area (Å²) < 4.78 is 0. The van der Waals surface area contributed by atoms with E-state index in [9.17, 15) is 9.59 Å². The number of carboxylic acids is 1. The Bertz CT molecular complexity index is 268. The molecule has 1 aliphatic rings. The van der Waals surface area contributed by atoms with E-state index in [2.05, 4.69) is 12.2 Å². The third-order valence-electron chi connectivity index (χ3n) is 3.17. The summed E-state index contributed by atoms with van der Waals surface area (Å²) in [5.41, 5.74) is 0. The molecule has 1 amide bonds. The first-order chi connectivity index (χ1) is 8.15. The molecule has 98 valence electrons. The first-order valence-electron chi connectivity index (χ1n) is 6.37. The molecule has 1 fully saturated rings. The van der Waals surface area contributed by atoms with Crippen molar-refractivity contribution in [2.75, 3.05) is 19.6 Å². The molecule has 0 radical (unpaired) electrons. The van der Waals surface area contributed by atoms with Gasteiger partial charge in [0.1, 0.15) is 0 Å². The first-order valence-corrected chi connectivity index (χ1v) is 6.37. The minimum atomic E-state index is -0.786. The van der Waals surface area contributed by atoms with E-state index in [1.807, 2.05) is 4.90 Å². The maximum absolute atomic E-state index is 12.0. The maximum atomic E-state index is 12.0. The molecular weight excluding hydrogens is 220 g/mol. The van der Waals surface area contributed by atoms with E-state index in [0.717, 1.165) is 26.1 Å². The van der Waals surface area contributed by atoms with Crippen LogP contribution in [0.5, 0.6) is 0 Å². The number of piperazine rings is 1. The van der Waals surface area contributed by atoms with Crippen LogP contribution in [-0.2, 0) is 9.59 Å². The van der Waals surface area contributed by atoms with Gasteiger partial charge in [-0.1, -0.05) is 6.92 Å². The van der Waals surface area contributed by atoms with E-state index in [1.165, 1.54) is 0 Å². The first kappa shape index (κ1) is 14.0. The molecule has 0 aliphatic carbocycles. The normalized spacial score (nSPS) is 20.3. The third-order valence-corrected chi connectivity index (χ3v) is 3.17. The Balaban J connectivity index is 2.27. The highest BCUT2D eigenvalue weighted by molar-refractivity contribution is 5.76. The van der Waals surface area contributed by atoms with Crippen LogP contribution in [0.2, 0.25) is 0 Å². The van der Waals surface area contributed by atoms with E-state index in [4.69, 9.17) is 5.11 Å². The van der Waals surface area contributed by atoms with Gasteiger partial charge in [-0.2, -0.15) is 0 Å². The highest BCUT2D eigenvalue weighted by atomic mass is 16.4. The Morgan fingerprint density at radius 1 is 1.35 bits per heavy atom. The molecule has 1 unspecified atom stereocenters. The molecule has 2 N–H and O–H groups in total. The van der Waals surface area contributed by atoms with Gasteiger partial charge in [0, 0.05) is 38.5 Å². The zero-order valence-electron chi connectivity index (χ0n) is 10.4. The van der Waals surface area contributed by atoms with E-state index in [0.29, 0.717) is 25.3 Å². The lowest BCUT2D eigenvalue weighted by Crippen LogP contribution is -2.53. The van der Waals surface area contributed by atoms with Crippen LogP contribution < -0.4 is 5.32 Å². The van der Waals surface area contributed by atoms with Gasteiger partial charge in [0.05, 0.1) is 0 Å². The lowest BCUT2D eigenvalue weighted by molar-refractivity contribution is -0.138. The monoisotopic (exact) mass is 242 g/mol. The van der Waals surface area contributed by atoms with Crippen LogP contribution in [0.15, 0.2) is 0 Å². The van der Waals surface area contributed by atoms with Gasteiger partial charge in [-0.05, 0) is 19.3 Å². The van der Waals surface area contributed by atoms with Gasteiger partial charge in [0.15, 0.2) is 0 Å². The Morgan fingerprint density at radius 2 is 2.06 bits per heavy atom. The molecule has 5 nitrogen and oxygen atoms in total. The second-order valence-electron chi connectivity index (χ2n) is 4.45. The zero-order valence-corrected chi connectivity index (χ0v) is 10.4. The standard InChI is InChI=1S/C12H22N2O3/c1-2-10-9-13-7-8-14(10)11(15)5-3-4-6-12(16)17/h10,13H,2-9H2,1H3,(H,16,17). The molecule has 0 aromatic carbocycles. The predicted octanol–water partition coefficient (Wildman–Crippen LogP) is 0.842. The van der Waals surface area contributed by atoms with Gasteiger partial charge < -0.3 is 15.3 Å². The fourth-order valence-corrected chi connectivity index (χ4v) is 2.15. The van der Waals surface area contributed by atoms with Crippen LogP contribution in [0.4, 0.5) is 0 Å². The number of unbranched alkanes of at least 4 members (excludes halogenated alkanes) is 1. The lowest BCUT2D eigenvalue weighted by Gasteiger charge is -2.35. The van der Waals surface area contributed by atoms with E-state index < -0.39 is 5.97 Å². The van der Waals surface area contributed by atoms with Crippen LogP contribution in [-0.4, -0.2) is 47.6 Å². The van der Waals surface area contributed by atoms with Crippen molar-refractivity contribution in [1.82, 2.24) is 10.2 Å². The average molecular weight is 242 g/mol. The summed E-state index contributed by atoms with van der Waals surface area (Å²) in [4.78, 5) is 24.2. The summed E-state index contributed by atoms with van der Waals surface area (Å²) in [6.45, 7) is 4.59. The van der Waals surface area contributed by atoms with E-state index in [1.54, 1.807) is 0 Å². The number of hydrogen-bond donors (Lipinski definition) is 2. The number of amides is 1. The fourth-order valence-electron chi connectivity index (χ4n) is 2.15. The second kappa shape index (κ2) is 7.27. The SMILES string of the molecule is CCC1CNCCN1C(=O)CCCCC(=O)O. The molecule has 0 saturated carbocycles. The van der Waals surface area contributed by atoms with Crippen LogP contribution in [0, 0.1) is 0 Å². The summed E-state index contributed by atoms with van der Waals surface area (Å²) in [6.07, 6.45) is 2.86.